The van der Waals surface area contributed by atoms with Crippen LogP contribution >= 0.6 is 0 Å². The first kappa shape index (κ1) is 12.5. The van der Waals surface area contributed by atoms with Gasteiger partial charge in [0.25, 0.3) is 0 Å². The Balaban J connectivity index is 2.10. The quantitative estimate of drug-likeness (QED) is 0.894. The molecule has 0 saturated heterocycles. The average molecular weight is 244 g/mol. The van der Waals surface area contributed by atoms with Crippen molar-refractivity contribution >= 4 is 0 Å². The van der Waals surface area contributed by atoms with Gasteiger partial charge in [-0.15, -0.1) is 0 Å². The summed E-state index contributed by atoms with van der Waals surface area (Å²) in [4.78, 5) is 8.05. The Kier molecular flexibility index (Phi) is 3.89. The lowest BCUT2D eigenvalue weighted by Gasteiger charge is -2.11. The average Bonchev–Trinajstić information content (AvgIpc) is 2.39. The second-order valence-corrected chi connectivity index (χ2v) is 4.18. The molecule has 0 bridgehead atoms. The number of aromatic nitrogens is 2. The van der Waals surface area contributed by atoms with E-state index < -0.39 is 6.10 Å². The highest BCUT2D eigenvalue weighted by molar-refractivity contribution is 5.24. The molecule has 1 aromatic heterocycles. The number of nitrogens with zero attached hydrogens (tertiary/aromatic N) is 2. The molecule has 0 spiro atoms. The Bertz CT molecular complexity index is 511. The summed E-state index contributed by atoms with van der Waals surface area (Å²) in [5, 5.41) is 10.1. The number of aryl methyl sites for hydroxylation is 1. The molecule has 4 heteroatoms. The van der Waals surface area contributed by atoms with Crippen LogP contribution in [0.4, 0.5) is 0 Å². The first-order valence-electron chi connectivity index (χ1n) is 5.78. The fraction of sp³-hybridized carbons (Fsp3) is 0.286. The number of ether oxygens (including phenoxy) is 1. The highest BCUT2D eigenvalue weighted by atomic mass is 16.5. The molecule has 2 rings (SSSR count). The molecule has 0 fully saturated rings. The van der Waals surface area contributed by atoms with Crippen molar-refractivity contribution in [3.05, 3.63) is 53.5 Å². The third kappa shape index (κ3) is 3.05. The summed E-state index contributed by atoms with van der Waals surface area (Å²) in [5.74, 6) is 0.510. The van der Waals surface area contributed by atoms with Gasteiger partial charge in [0.2, 0.25) is 5.88 Å². The molecule has 0 amide bonds. The fourth-order valence-corrected chi connectivity index (χ4v) is 1.70. The Morgan fingerprint density at radius 2 is 1.94 bits per heavy atom. The minimum absolute atomic E-state index is 0.446. The van der Waals surface area contributed by atoms with Crippen LogP contribution in [-0.2, 0) is 6.42 Å². The van der Waals surface area contributed by atoms with E-state index in [0.717, 1.165) is 11.3 Å². The maximum atomic E-state index is 10.1. The molecule has 4 nitrogen and oxygen atoms in total. The van der Waals surface area contributed by atoms with Crippen LogP contribution in [0.1, 0.15) is 22.9 Å². The van der Waals surface area contributed by atoms with Crippen molar-refractivity contribution < 1.29 is 9.84 Å². The maximum absolute atomic E-state index is 10.1. The molecule has 1 heterocycles. The molecule has 0 radical (unpaired) electrons. The minimum atomic E-state index is -0.565. The zero-order valence-corrected chi connectivity index (χ0v) is 10.5. The third-order valence-corrected chi connectivity index (χ3v) is 2.77. The topological polar surface area (TPSA) is 55.2 Å². The molecule has 1 aromatic carbocycles. The summed E-state index contributed by atoms with van der Waals surface area (Å²) in [5.41, 5.74) is 2.82. The van der Waals surface area contributed by atoms with Crippen LogP contribution in [0.5, 0.6) is 5.88 Å². The molecule has 1 atom stereocenters. The third-order valence-electron chi connectivity index (χ3n) is 2.77. The molecule has 0 aliphatic carbocycles. The van der Waals surface area contributed by atoms with E-state index in [1.165, 1.54) is 11.9 Å². The SMILES string of the molecule is COc1cc(CC(O)c2ccc(C)cc2)ncn1. The molecular formula is C14H16N2O2. The van der Waals surface area contributed by atoms with Crippen molar-refractivity contribution in [2.75, 3.05) is 7.11 Å². The monoisotopic (exact) mass is 244 g/mol. The first-order chi connectivity index (χ1) is 8.69. The van der Waals surface area contributed by atoms with Gasteiger partial charge < -0.3 is 9.84 Å². The molecule has 1 N–H and O–H groups in total. The van der Waals surface area contributed by atoms with Crippen molar-refractivity contribution in [3.63, 3.8) is 0 Å². The van der Waals surface area contributed by atoms with E-state index in [1.807, 2.05) is 31.2 Å². The van der Waals surface area contributed by atoms with E-state index in [0.29, 0.717) is 12.3 Å². The van der Waals surface area contributed by atoms with Gasteiger partial charge in [-0.3, -0.25) is 0 Å². The Labute approximate surface area is 106 Å². The van der Waals surface area contributed by atoms with E-state index in [2.05, 4.69) is 9.97 Å². The number of benzene rings is 1. The summed E-state index contributed by atoms with van der Waals surface area (Å²) in [6, 6.07) is 9.56. The van der Waals surface area contributed by atoms with Crippen molar-refractivity contribution in [1.29, 1.82) is 0 Å². The molecular weight excluding hydrogens is 228 g/mol. The van der Waals surface area contributed by atoms with Gasteiger partial charge in [-0.05, 0) is 12.5 Å². The van der Waals surface area contributed by atoms with Gasteiger partial charge in [0, 0.05) is 12.5 Å². The van der Waals surface area contributed by atoms with Gasteiger partial charge in [-0.2, -0.15) is 0 Å². The zero-order valence-electron chi connectivity index (χ0n) is 10.5. The smallest absolute Gasteiger partial charge is 0.216 e. The van der Waals surface area contributed by atoms with Crippen molar-refractivity contribution in [2.45, 2.75) is 19.4 Å². The lowest BCUT2D eigenvalue weighted by atomic mass is 10.0. The van der Waals surface area contributed by atoms with E-state index in [9.17, 15) is 5.11 Å². The molecule has 94 valence electrons. The van der Waals surface area contributed by atoms with Crippen molar-refractivity contribution in [1.82, 2.24) is 9.97 Å². The Morgan fingerprint density at radius 3 is 2.61 bits per heavy atom. The first-order valence-corrected chi connectivity index (χ1v) is 5.78. The number of methoxy groups -OCH3 is 1. The summed E-state index contributed by atoms with van der Waals surface area (Å²) >= 11 is 0. The Hall–Kier alpha value is -1.94. The van der Waals surface area contributed by atoms with Crippen LogP contribution in [-0.4, -0.2) is 22.2 Å². The van der Waals surface area contributed by atoms with Crippen LogP contribution in [0, 0.1) is 6.92 Å². The number of rotatable bonds is 4. The normalized spacial score (nSPS) is 12.2. The molecule has 0 saturated carbocycles. The van der Waals surface area contributed by atoms with Gasteiger partial charge >= 0.3 is 0 Å². The van der Waals surface area contributed by atoms with E-state index in [1.54, 1.807) is 13.2 Å². The lowest BCUT2D eigenvalue weighted by Crippen LogP contribution is -2.04. The van der Waals surface area contributed by atoms with Gasteiger partial charge in [-0.25, -0.2) is 9.97 Å². The number of hydrogen-bond acceptors (Lipinski definition) is 4. The highest BCUT2D eigenvalue weighted by Crippen LogP contribution is 2.18. The maximum Gasteiger partial charge on any atom is 0.216 e. The van der Waals surface area contributed by atoms with E-state index in [4.69, 9.17) is 4.74 Å². The molecule has 0 aliphatic rings. The highest BCUT2D eigenvalue weighted by Gasteiger charge is 2.10. The van der Waals surface area contributed by atoms with Crippen LogP contribution < -0.4 is 4.74 Å². The van der Waals surface area contributed by atoms with Crippen LogP contribution in [0.15, 0.2) is 36.7 Å². The van der Waals surface area contributed by atoms with Crippen LogP contribution in [0.25, 0.3) is 0 Å². The van der Waals surface area contributed by atoms with Gasteiger partial charge in [0.1, 0.15) is 6.33 Å². The summed E-state index contributed by atoms with van der Waals surface area (Å²) < 4.78 is 5.03. The van der Waals surface area contributed by atoms with Gasteiger partial charge in [-0.1, -0.05) is 29.8 Å². The second-order valence-electron chi connectivity index (χ2n) is 4.18. The fourth-order valence-electron chi connectivity index (χ4n) is 1.70. The second kappa shape index (κ2) is 5.60. The van der Waals surface area contributed by atoms with Crippen LogP contribution in [0.3, 0.4) is 0 Å². The van der Waals surface area contributed by atoms with Crippen molar-refractivity contribution in [3.8, 4) is 5.88 Å². The zero-order chi connectivity index (χ0) is 13.0. The van der Waals surface area contributed by atoms with Gasteiger partial charge in [0.15, 0.2) is 0 Å². The largest absolute Gasteiger partial charge is 0.481 e. The van der Waals surface area contributed by atoms with Crippen molar-refractivity contribution in [2.24, 2.45) is 0 Å². The van der Waals surface area contributed by atoms with Gasteiger partial charge in [0.05, 0.1) is 18.9 Å². The molecule has 2 aromatic rings. The number of aliphatic hydroxyl groups is 1. The molecule has 1 unspecified atom stereocenters. The minimum Gasteiger partial charge on any atom is -0.481 e. The Morgan fingerprint density at radius 1 is 1.22 bits per heavy atom. The predicted molar refractivity (Wildman–Crippen MR) is 68.4 cm³/mol. The van der Waals surface area contributed by atoms with E-state index in [-0.39, 0.29) is 0 Å². The number of aliphatic hydroxyl groups excluding tert-OH is 1. The summed E-state index contributed by atoms with van der Waals surface area (Å²) in [6.45, 7) is 2.02. The molecule has 18 heavy (non-hydrogen) atoms. The standard InChI is InChI=1S/C14H16N2O2/c1-10-3-5-11(6-4-10)13(17)7-12-8-14(18-2)16-9-15-12/h3-6,8-9,13,17H,7H2,1-2H3. The summed E-state index contributed by atoms with van der Waals surface area (Å²) in [7, 11) is 1.56. The predicted octanol–water partition coefficient (Wildman–Crippen LogP) is 2.07. The lowest BCUT2D eigenvalue weighted by molar-refractivity contribution is 0.177. The summed E-state index contributed by atoms with van der Waals surface area (Å²) in [6.07, 6.45) is 1.32. The number of hydrogen-bond donors (Lipinski definition) is 1. The van der Waals surface area contributed by atoms with Crippen LogP contribution in [0.2, 0.25) is 0 Å². The van der Waals surface area contributed by atoms with E-state index >= 15 is 0 Å². The molecule has 0 aliphatic heterocycles.